The Balaban J connectivity index is 1.93. The van der Waals surface area contributed by atoms with Gasteiger partial charge >= 0.3 is 0 Å². The Kier molecular flexibility index (Phi) is 4.59. The van der Waals surface area contributed by atoms with Crippen LogP contribution in [0.1, 0.15) is 23.8 Å². The number of nitrogens with one attached hydrogen (secondary N) is 1. The highest BCUT2D eigenvalue weighted by atomic mass is 32.2. The first-order valence-electron chi connectivity index (χ1n) is 6.27. The Hall–Kier alpha value is -1.63. The monoisotopic (exact) mass is 295 g/mol. The van der Waals surface area contributed by atoms with Crippen molar-refractivity contribution in [2.75, 3.05) is 6.54 Å². The maximum Gasteiger partial charge on any atom is 0.240 e. The Labute approximate surface area is 118 Å². The predicted molar refractivity (Wildman–Crippen MR) is 74.7 cm³/mol. The van der Waals surface area contributed by atoms with E-state index in [4.69, 9.17) is 4.42 Å². The number of benzene rings is 1. The molecule has 0 aliphatic rings. The Morgan fingerprint density at radius 1 is 1.30 bits per heavy atom. The van der Waals surface area contributed by atoms with Gasteiger partial charge in [-0.25, -0.2) is 13.1 Å². The molecule has 0 radical (unpaired) electrons. The second-order valence-electron chi connectivity index (χ2n) is 4.53. The van der Waals surface area contributed by atoms with Gasteiger partial charge in [0.1, 0.15) is 11.9 Å². The van der Waals surface area contributed by atoms with Gasteiger partial charge in [0.15, 0.2) is 0 Å². The summed E-state index contributed by atoms with van der Waals surface area (Å²) in [5.41, 5.74) is 0.878. The maximum absolute atomic E-state index is 12.0. The first-order valence-corrected chi connectivity index (χ1v) is 7.75. The lowest BCUT2D eigenvalue weighted by molar-refractivity contribution is 0.142. The third-order valence-electron chi connectivity index (χ3n) is 2.88. The van der Waals surface area contributed by atoms with E-state index in [-0.39, 0.29) is 17.9 Å². The third-order valence-corrected chi connectivity index (χ3v) is 4.34. The minimum absolute atomic E-state index is 0.137. The Bertz CT molecular complexity index is 650. The van der Waals surface area contributed by atoms with Gasteiger partial charge in [0.05, 0.1) is 11.2 Å². The number of furan rings is 1. The molecule has 0 amide bonds. The lowest BCUT2D eigenvalue weighted by atomic mass is 10.2. The number of hydrogen-bond donors (Lipinski definition) is 2. The van der Waals surface area contributed by atoms with E-state index in [1.54, 1.807) is 24.3 Å². The zero-order chi connectivity index (χ0) is 14.6. The summed E-state index contributed by atoms with van der Waals surface area (Å²) >= 11 is 0. The summed E-state index contributed by atoms with van der Waals surface area (Å²) in [5, 5.41) is 9.79. The van der Waals surface area contributed by atoms with Gasteiger partial charge in [-0.3, -0.25) is 0 Å². The van der Waals surface area contributed by atoms with Crippen molar-refractivity contribution in [1.82, 2.24) is 4.72 Å². The standard InChI is InChI=1S/C14H17NO4S/c1-11-4-2-5-12(10-11)20(17,18)15-8-7-13(16)14-6-3-9-19-14/h2-6,9-10,13,15-16H,7-8H2,1H3. The Morgan fingerprint density at radius 3 is 2.75 bits per heavy atom. The fraction of sp³-hybridized carbons (Fsp3) is 0.286. The minimum atomic E-state index is -3.54. The van der Waals surface area contributed by atoms with Crippen LogP contribution in [0.5, 0.6) is 0 Å². The number of aryl methyl sites for hydroxylation is 1. The SMILES string of the molecule is Cc1cccc(S(=O)(=O)NCCC(O)c2ccco2)c1. The number of sulfonamides is 1. The van der Waals surface area contributed by atoms with Crippen molar-refractivity contribution in [3.8, 4) is 0 Å². The van der Waals surface area contributed by atoms with Crippen LogP contribution >= 0.6 is 0 Å². The highest BCUT2D eigenvalue weighted by molar-refractivity contribution is 7.89. The first-order chi connectivity index (χ1) is 9.49. The number of aliphatic hydroxyl groups is 1. The quantitative estimate of drug-likeness (QED) is 0.854. The van der Waals surface area contributed by atoms with Crippen molar-refractivity contribution >= 4 is 10.0 Å². The molecule has 0 saturated carbocycles. The van der Waals surface area contributed by atoms with Crippen LogP contribution < -0.4 is 4.72 Å². The molecule has 20 heavy (non-hydrogen) atoms. The van der Waals surface area contributed by atoms with Crippen LogP contribution in [0.2, 0.25) is 0 Å². The third kappa shape index (κ3) is 3.69. The predicted octanol–water partition coefficient (Wildman–Crippen LogP) is 1.99. The summed E-state index contributed by atoms with van der Waals surface area (Å²) in [6, 6.07) is 10.0. The molecule has 0 aliphatic heterocycles. The summed E-state index contributed by atoms with van der Waals surface area (Å²) in [4.78, 5) is 0.227. The van der Waals surface area contributed by atoms with Crippen LogP contribution in [0.3, 0.4) is 0 Å². The van der Waals surface area contributed by atoms with Crippen molar-refractivity contribution in [3.05, 3.63) is 54.0 Å². The average Bonchev–Trinajstić information content (AvgIpc) is 2.92. The average molecular weight is 295 g/mol. The molecule has 1 atom stereocenters. The summed E-state index contributed by atoms with van der Waals surface area (Å²) < 4.78 is 31.6. The molecule has 2 aromatic rings. The largest absolute Gasteiger partial charge is 0.467 e. The van der Waals surface area contributed by atoms with Gasteiger partial charge in [0, 0.05) is 6.54 Å². The van der Waals surface area contributed by atoms with Crippen LogP contribution in [-0.4, -0.2) is 20.1 Å². The second-order valence-corrected chi connectivity index (χ2v) is 6.30. The molecule has 0 fully saturated rings. The number of aliphatic hydroxyl groups excluding tert-OH is 1. The zero-order valence-electron chi connectivity index (χ0n) is 11.1. The number of rotatable bonds is 6. The van der Waals surface area contributed by atoms with Gasteiger partial charge in [0.25, 0.3) is 0 Å². The molecule has 1 heterocycles. The topological polar surface area (TPSA) is 79.5 Å². The van der Waals surface area contributed by atoms with Gasteiger partial charge in [-0.15, -0.1) is 0 Å². The molecule has 5 nitrogen and oxygen atoms in total. The number of hydrogen-bond acceptors (Lipinski definition) is 4. The van der Waals surface area contributed by atoms with Crippen LogP contribution in [-0.2, 0) is 10.0 Å². The molecular weight excluding hydrogens is 278 g/mol. The zero-order valence-corrected chi connectivity index (χ0v) is 11.9. The molecule has 1 unspecified atom stereocenters. The van der Waals surface area contributed by atoms with E-state index in [1.165, 1.54) is 12.3 Å². The van der Waals surface area contributed by atoms with E-state index in [9.17, 15) is 13.5 Å². The highest BCUT2D eigenvalue weighted by Crippen LogP contribution is 2.16. The van der Waals surface area contributed by atoms with E-state index >= 15 is 0 Å². The first kappa shape index (κ1) is 14.8. The van der Waals surface area contributed by atoms with Crippen LogP contribution in [0.25, 0.3) is 0 Å². The lowest BCUT2D eigenvalue weighted by Crippen LogP contribution is -2.26. The molecule has 108 valence electrons. The maximum atomic E-state index is 12.0. The molecule has 0 bridgehead atoms. The molecule has 6 heteroatoms. The van der Waals surface area contributed by atoms with E-state index in [0.29, 0.717) is 5.76 Å². The van der Waals surface area contributed by atoms with Crippen molar-refractivity contribution < 1.29 is 17.9 Å². The van der Waals surface area contributed by atoms with Crippen molar-refractivity contribution in [1.29, 1.82) is 0 Å². The summed E-state index contributed by atoms with van der Waals surface area (Å²) in [5.74, 6) is 0.430. The molecule has 0 spiro atoms. The molecule has 1 aromatic heterocycles. The normalized spacial score (nSPS) is 13.3. The van der Waals surface area contributed by atoms with Gasteiger partial charge in [-0.05, 0) is 43.2 Å². The van der Waals surface area contributed by atoms with Crippen LogP contribution in [0.15, 0.2) is 52.0 Å². The molecule has 2 N–H and O–H groups in total. The van der Waals surface area contributed by atoms with Gasteiger partial charge in [-0.1, -0.05) is 12.1 Å². The van der Waals surface area contributed by atoms with Gasteiger partial charge in [-0.2, -0.15) is 0 Å². The Morgan fingerprint density at radius 2 is 2.10 bits per heavy atom. The van der Waals surface area contributed by atoms with E-state index in [0.717, 1.165) is 5.56 Å². The van der Waals surface area contributed by atoms with Crippen LogP contribution in [0, 0.1) is 6.92 Å². The second kappa shape index (κ2) is 6.21. The van der Waals surface area contributed by atoms with Crippen molar-refractivity contribution in [3.63, 3.8) is 0 Å². The highest BCUT2D eigenvalue weighted by Gasteiger charge is 2.15. The van der Waals surface area contributed by atoms with Crippen molar-refractivity contribution in [2.45, 2.75) is 24.3 Å². The summed E-state index contributed by atoms with van der Waals surface area (Å²) in [6.45, 7) is 1.97. The van der Waals surface area contributed by atoms with Crippen molar-refractivity contribution in [2.24, 2.45) is 0 Å². The molecule has 0 saturated heterocycles. The summed E-state index contributed by atoms with van der Waals surface area (Å²) in [7, 11) is -3.54. The minimum Gasteiger partial charge on any atom is -0.467 e. The summed E-state index contributed by atoms with van der Waals surface area (Å²) in [6.07, 6.45) is 0.902. The smallest absolute Gasteiger partial charge is 0.240 e. The van der Waals surface area contributed by atoms with E-state index < -0.39 is 16.1 Å². The molecule has 2 rings (SSSR count). The molecule has 1 aromatic carbocycles. The van der Waals surface area contributed by atoms with Crippen LogP contribution in [0.4, 0.5) is 0 Å². The fourth-order valence-electron chi connectivity index (χ4n) is 1.82. The fourth-order valence-corrected chi connectivity index (χ4v) is 2.97. The lowest BCUT2D eigenvalue weighted by Gasteiger charge is -2.10. The van der Waals surface area contributed by atoms with E-state index in [2.05, 4.69) is 4.72 Å². The molecule has 0 aliphatic carbocycles. The van der Waals surface area contributed by atoms with Gasteiger partial charge < -0.3 is 9.52 Å². The van der Waals surface area contributed by atoms with Gasteiger partial charge in [0.2, 0.25) is 10.0 Å². The molecular formula is C14H17NO4S. The van der Waals surface area contributed by atoms with E-state index in [1.807, 2.05) is 13.0 Å².